The Morgan fingerprint density at radius 3 is 1.91 bits per heavy atom. The number of methoxy groups -OCH3 is 2. The Bertz CT molecular complexity index is 1670. The Balaban J connectivity index is 1.37. The number of fused-ring (bicyclic) bond motifs is 3. The average Bonchev–Trinajstić information content (AvgIpc) is 3.29. The summed E-state index contributed by atoms with van der Waals surface area (Å²) in [5.74, 6) is 2.90. The number of hydrogen-bond donors (Lipinski definition) is 0. The lowest BCUT2D eigenvalue weighted by Crippen LogP contribution is -2.27. The van der Waals surface area contributed by atoms with E-state index in [-0.39, 0.29) is 11.8 Å². The Labute approximate surface area is 258 Å². The molecule has 2 bridgehead atoms. The van der Waals surface area contributed by atoms with Gasteiger partial charge in [-0.1, -0.05) is 113 Å². The van der Waals surface area contributed by atoms with Crippen LogP contribution in [-0.4, -0.2) is 23.0 Å². The third-order valence-electron chi connectivity index (χ3n) is 10.4. The summed E-state index contributed by atoms with van der Waals surface area (Å²) in [6.45, 7) is 4.92. The predicted octanol–water partition coefficient (Wildman–Crippen LogP) is 9.57. The van der Waals surface area contributed by atoms with Crippen molar-refractivity contribution in [3.63, 3.8) is 0 Å². The SMILES string of the molecule is COc1ccc(C2C=CC=CC3=C2C([SiH]2CCCCC4C(C)=C2C2=C4C=CC=CC2c2ccc(OC)cc2)=C(C)C3)cc1. The molecule has 2 aromatic carbocycles. The second-order valence-electron chi connectivity index (χ2n) is 12.7. The molecule has 43 heavy (non-hydrogen) atoms. The monoisotopic (exact) mass is 582 g/mol. The van der Waals surface area contributed by atoms with Crippen LogP contribution in [0.25, 0.3) is 0 Å². The first kappa shape index (κ1) is 28.0. The van der Waals surface area contributed by atoms with E-state index >= 15 is 0 Å². The van der Waals surface area contributed by atoms with Crippen LogP contribution in [0.3, 0.4) is 0 Å². The van der Waals surface area contributed by atoms with Gasteiger partial charge in [0.2, 0.25) is 0 Å². The molecule has 7 rings (SSSR count). The van der Waals surface area contributed by atoms with Crippen LogP contribution in [0, 0.1) is 5.92 Å². The lowest BCUT2D eigenvalue weighted by atomic mass is 9.86. The summed E-state index contributed by atoms with van der Waals surface area (Å²) in [5, 5.41) is 3.49. The fourth-order valence-electron chi connectivity index (χ4n) is 8.43. The van der Waals surface area contributed by atoms with E-state index in [1.54, 1.807) is 52.5 Å². The summed E-state index contributed by atoms with van der Waals surface area (Å²) < 4.78 is 11.0. The highest BCUT2D eigenvalue weighted by Gasteiger charge is 2.43. The van der Waals surface area contributed by atoms with E-state index in [2.05, 4.69) is 111 Å². The van der Waals surface area contributed by atoms with E-state index in [4.69, 9.17) is 9.47 Å². The van der Waals surface area contributed by atoms with Crippen molar-refractivity contribution in [1.29, 1.82) is 0 Å². The zero-order chi connectivity index (χ0) is 29.5. The molecule has 0 spiro atoms. The van der Waals surface area contributed by atoms with E-state index in [1.807, 2.05) is 0 Å². The molecular formula is C40H42O2Si. The maximum Gasteiger partial charge on any atom is 0.118 e. The minimum absolute atomic E-state index is 0.263. The third kappa shape index (κ3) is 4.88. The van der Waals surface area contributed by atoms with Gasteiger partial charge in [-0.3, -0.25) is 0 Å². The molecule has 0 saturated carbocycles. The van der Waals surface area contributed by atoms with Crippen LogP contribution in [0.1, 0.15) is 62.5 Å². The number of rotatable bonds is 5. The summed E-state index contributed by atoms with van der Waals surface area (Å²) in [6.07, 6.45) is 23.8. The molecule has 4 unspecified atom stereocenters. The number of benzene rings is 2. The third-order valence-corrected chi connectivity index (χ3v) is 14.3. The maximum atomic E-state index is 5.53. The molecule has 0 saturated heterocycles. The van der Waals surface area contributed by atoms with E-state index < -0.39 is 8.80 Å². The van der Waals surface area contributed by atoms with Gasteiger partial charge in [0.15, 0.2) is 0 Å². The molecular weight excluding hydrogens is 541 g/mol. The van der Waals surface area contributed by atoms with Crippen LogP contribution in [0.2, 0.25) is 6.04 Å². The second kappa shape index (κ2) is 11.7. The first-order valence-electron chi connectivity index (χ1n) is 15.9. The minimum atomic E-state index is -1.57. The molecule has 2 nitrogen and oxygen atoms in total. The van der Waals surface area contributed by atoms with Crippen LogP contribution in [0.4, 0.5) is 0 Å². The summed E-state index contributed by atoms with van der Waals surface area (Å²) >= 11 is 0. The molecule has 5 aliphatic rings. The predicted molar refractivity (Wildman–Crippen MR) is 181 cm³/mol. The summed E-state index contributed by atoms with van der Waals surface area (Å²) in [6, 6.07) is 18.9. The average molecular weight is 583 g/mol. The van der Waals surface area contributed by atoms with Crippen LogP contribution in [0.15, 0.2) is 141 Å². The van der Waals surface area contributed by atoms with Crippen molar-refractivity contribution in [3.8, 4) is 11.5 Å². The van der Waals surface area contributed by atoms with E-state index in [0.717, 1.165) is 17.9 Å². The molecule has 4 atom stereocenters. The summed E-state index contributed by atoms with van der Waals surface area (Å²) in [4.78, 5) is 0. The standard InChI is InChI=1S/C40H42O2Si/c1-26-25-30-11-5-6-13-34(28-16-20-31(41-3)21-17-28)37(30)39(26)43-24-10-9-12-33-27(2)40(43)38-35(14-7-8-15-36(33)38)29-18-22-32(42-4)23-19-29/h5-8,11,13-23,33-35,43H,9-10,12,24-25H2,1-4H3. The molecule has 0 fully saturated rings. The number of ether oxygens (including phenoxy) is 2. The van der Waals surface area contributed by atoms with Gasteiger partial charge in [-0.2, -0.15) is 0 Å². The maximum absolute atomic E-state index is 5.53. The zero-order valence-electron chi connectivity index (χ0n) is 25.9. The molecule has 1 heterocycles. The minimum Gasteiger partial charge on any atom is -0.497 e. The van der Waals surface area contributed by atoms with Crippen molar-refractivity contribution >= 4 is 8.80 Å². The van der Waals surface area contributed by atoms with Crippen molar-refractivity contribution in [3.05, 3.63) is 152 Å². The Kier molecular flexibility index (Phi) is 7.61. The molecule has 0 amide bonds. The number of allylic oxidation sites excluding steroid dienone is 16. The van der Waals surface area contributed by atoms with Gasteiger partial charge >= 0.3 is 0 Å². The highest BCUT2D eigenvalue weighted by atomic mass is 28.3. The topological polar surface area (TPSA) is 18.5 Å². The van der Waals surface area contributed by atoms with Crippen molar-refractivity contribution in [2.24, 2.45) is 5.92 Å². The number of hydrogen-bond acceptors (Lipinski definition) is 2. The van der Waals surface area contributed by atoms with Crippen molar-refractivity contribution in [2.75, 3.05) is 14.2 Å². The van der Waals surface area contributed by atoms with Gasteiger partial charge in [0, 0.05) is 17.8 Å². The molecule has 2 aromatic rings. The zero-order valence-corrected chi connectivity index (χ0v) is 27.1. The lowest BCUT2D eigenvalue weighted by molar-refractivity contribution is 0.414. The van der Waals surface area contributed by atoms with Crippen molar-refractivity contribution in [2.45, 2.75) is 57.4 Å². The van der Waals surface area contributed by atoms with Crippen molar-refractivity contribution in [1.82, 2.24) is 0 Å². The smallest absolute Gasteiger partial charge is 0.118 e. The fraction of sp³-hybridized carbons (Fsp3) is 0.300. The Morgan fingerprint density at radius 2 is 1.28 bits per heavy atom. The highest BCUT2D eigenvalue weighted by Crippen LogP contribution is 2.54. The van der Waals surface area contributed by atoms with Gasteiger partial charge in [0.1, 0.15) is 20.3 Å². The van der Waals surface area contributed by atoms with Crippen LogP contribution in [0.5, 0.6) is 11.5 Å². The van der Waals surface area contributed by atoms with Gasteiger partial charge in [-0.15, -0.1) is 0 Å². The molecule has 218 valence electrons. The highest BCUT2D eigenvalue weighted by molar-refractivity contribution is 6.76. The Hall–Kier alpha value is -3.82. The molecule has 0 radical (unpaired) electrons. The van der Waals surface area contributed by atoms with Crippen LogP contribution >= 0.6 is 0 Å². The van der Waals surface area contributed by atoms with Gasteiger partial charge in [-0.25, -0.2) is 0 Å². The van der Waals surface area contributed by atoms with Gasteiger partial charge in [-0.05, 0) is 84.4 Å². The second-order valence-corrected chi connectivity index (χ2v) is 15.5. The molecule has 1 aliphatic heterocycles. The van der Waals surface area contributed by atoms with Crippen LogP contribution in [-0.2, 0) is 0 Å². The molecule has 3 heteroatoms. The largest absolute Gasteiger partial charge is 0.497 e. The van der Waals surface area contributed by atoms with Crippen LogP contribution < -0.4 is 9.47 Å². The summed E-state index contributed by atoms with van der Waals surface area (Å²) in [7, 11) is 1.93. The van der Waals surface area contributed by atoms with E-state index in [1.165, 1.54) is 42.0 Å². The molecule has 4 aliphatic carbocycles. The first-order valence-corrected chi connectivity index (χ1v) is 17.9. The van der Waals surface area contributed by atoms with E-state index in [9.17, 15) is 0 Å². The quantitative estimate of drug-likeness (QED) is 0.327. The first-order chi connectivity index (χ1) is 21.1. The Morgan fingerprint density at radius 1 is 0.674 bits per heavy atom. The van der Waals surface area contributed by atoms with Gasteiger partial charge in [0.25, 0.3) is 0 Å². The lowest BCUT2D eigenvalue weighted by Gasteiger charge is -2.31. The summed E-state index contributed by atoms with van der Waals surface area (Å²) in [5.41, 5.74) is 12.3. The van der Waals surface area contributed by atoms with Gasteiger partial charge < -0.3 is 9.47 Å². The molecule has 0 N–H and O–H groups in total. The fourth-order valence-corrected chi connectivity index (χ4v) is 12.9. The van der Waals surface area contributed by atoms with E-state index in [0.29, 0.717) is 5.92 Å². The van der Waals surface area contributed by atoms with Crippen molar-refractivity contribution < 1.29 is 9.47 Å². The normalized spacial score (nSPS) is 26.3. The van der Waals surface area contributed by atoms with Gasteiger partial charge in [0.05, 0.1) is 14.2 Å². The molecule has 0 aromatic heterocycles.